The van der Waals surface area contributed by atoms with Gasteiger partial charge in [0.05, 0.1) is 19.1 Å². The third-order valence-electron chi connectivity index (χ3n) is 2.90. The molecule has 0 atom stereocenters. The molecule has 0 aliphatic heterocycles. The van der Waals surface area contributed by atoms with Gasteiger partial charge in [-0.1, -0.05) is 17.7 Å². The maximum Gasteiger partial charge on any atom is 0.240 e. The molecule has 0 aromatic heterocycles. The number of nitrogens with one attached hydrogen (secondary N) is 1. The molecule has 120 valence electrons. The smallest absolute Gasteiger partial charge is 0.240 e. The van der Waals surface area contributed by atoms with Crippen LogP contribution in [0.15, 0.2) is 53.4 Å². The Morgan fingerprint density at radius 3 is 1.59 bits per heavy atom. The van der Waals surface area contributed by atoms with Gasteiger partial charge in [0.25, 0.3) is 0 Å². The average Bonchev–Trinajstić information content (AvgIpc) is 2.56. The van der Waals surface area contributed by atoms with E-state index in [2.05, 4.69) is 11.6 Å². The van der Waals surface area contributed by atoms with E-state index in [0.29, 0.717) is 5.75 Å². The van der Waals surface area contributed by atoms with E-state index in [1.807, 2.05) is 24.3 Å². The number of hydrogen-bond donors (Lipinski definition) is 1. The van der Waals surface area contributed by atoms with E-state index in [1.54, 1.807) is 19.2 Å². The van der Waals surface area contributed by atoms with Gasteiger partial charge >= 0.3 is 0 Å². The molecule has 0 fully saturated rings. The van der Waals surface area contributed by atoms with E-state index in [4.69, 9.17) is 9.47 Å². The van der Waals surface area contributed by atoms with Crippen LogP contribution < -0.4 is 14.2 Å². The molecule has 0 spiro atoms. The number of hydrogen-bond acceptors (Lipinski definition) is 4. The van der Waals surface area contributed by atoms with Crippen molar-refractivity contribution in [1.29, 1.82) is 0 Å². The van der Waals surface area contributed by atoms with E-state index in [-0.39, 0.29) is 4.90 Å². The van der Waals surface area contributed by atoms with Crippen molar-refractivity contribution in [3.05, 3.63) is 54.1 Å². The second-order valence-corrected chi connectivity index (χ2v) is 6.29. The van der Waals surface area contributed by atoms with Gasteiger partial charge in [-0.25, -0.2) is 13.1 Å². The van der Waals surface area contributed by atoms with Gasteiger partial charge in [-0.15, -0.1) is 0 Å². The maximum atomic E-state index is 11.2. The number of aryl methyl sites for hydroxylation is 1. The SMILES string of the molecule is CNS(=O)(=O)c1ccc(OC)cc1.COc1ccc(C)cc1. The molecule has 0 aliphatic carbocycles. The molecule has 0 amide bonds. The Kier molecular flexibility index (Phi) is 6.88. The van der Waals surface area contributed by atoms with Crippen molar-refractivity contribution in [2.45, 2.75) is 11.8 Å². The number of ether oxygens (including phenoxy) is 2. The predicted molar refractivity (Wildman–Crippen MR) is 87.0 cm³/mol. The van der Waals surface area contributed by atoms with Crippen LogP contribution in [0.5, 0.6) is 11.5 Å². The topological polar surface area (TPSA) is 64.6 Å². The lowest BCUT2D eigenvalue weighted by Gasteiger charge is -2.03. The molecule has 0 aliphatic rings. The molecule has 6 heteroatoms. The summed E-state index contributed by atoms with van der Waals surface area (Å²) in [6, 6.07) is 14.1. The van der Waals surface area contributed by atoms with Crippen LogP contribution in [-0.4, -0.2) is 29.7 Å². The van der Waals surface area contributed by atoms with Gasteiger partial charge in [0, 0.05) is 0 Å². The van der Waals surface area contributed by atoms with Crippen molar-refractivity contribution in [3.63, 3.8) is 0 Å². The first-order valence-electron chi connectivity index (χ1n) is 6.61. The highest BCUT2D eigenvalue weighted by atomic mass is 32.2. The van der Waals surface area contributed by atoms with Gasteiger partial charge in [0.15, 0.2) is 0 Å². The highest BCUT2D eigenvalue weighted by molar-refractivity contribution is 7.89. The van der Waals surface area contributed by atoms with Gasteiger partial charge in [0.2, 0.25) is 10.0 Å². The second-order valence-electron chi connectivity index (χ2n) is 4.40. The minimum absolute atomic E-state index is 0.232. The zero-order valence-corrected chi connectivity index (χ0v) is 14.0. The summed E-state index contributed by atoms with van der Waals surface area (Å²) >= 11 is 0. The molecule has 2 aromatic rings. The molecule has 0 saturated heterocycles. The molecule has 2 rings (SSSR count). The third-order valence-corrected chi connectivity index (χ3v) is 4.33. The van der Waals surface area contributed by atoms with Gasteiger partial charge < -0.3 is 9.47 Å². The number of sulfonamides is 1. The first kappa shape index (κ1) is 18.0. The quantitative estimate of drug-likeness (QED) is 0.939. The Morgan fingerprint density at radius 2 is 1.23 bits per heavy atom. The minimum Gasteiger partial charge on any atom is -0.497 e. The Morgan fingerprint density at radius 1 is 0.818 bits per heavy atom. The first-order chi connectivity index (χ1) is 10.4. The Balaban J connectivity index is 0.000000235. The molecule has 22 heavy (non-hydrogen) atoms. The summed E-state index contributed by atoms with van der Waals surface area (Å²) in [7, 11) is 1.25. The van der Waals surface area contributed by atoms with Crippen LogP contribution in [0.4, 0.5) is 0 Å². The first-order valence-corrected chi connectivity index (χ1v) is 8.09. The van der Waals surface area contributed by atoms with Crippen LogP contribution in [0, 0.1) is 6.92 Å². The highest BCUT2D eigenvalue weighted by Crippen LogP contribution is 2.14. The normalized spacial score (nSPS) is 10.4. The maximum absolute atomic E-state index is 11.2. The van der Waals surface area contributed by atoms with Crippen molar-refractivity contribution in [2.24, 2.45) is 0 Å². The number of benzene rings is 2. The zero-order chi connectivity index (χ0) is 16.6. The molecule has 0 bridgehead atoms. The fourth-order valence-electron chi connectivity index (χ4n) is 1.55. The van der Waals surface area contributed by atoms with Crippen molar-refractivity contribution in [1.82, 2.24) is 4.72 Å². The van der Waals surface area contributed by atoms with Crippen LogP contribution in [0.1, 0.15) is 5.56 Å². The largest absolute Gasteiger partial charge is 0.497 e. The van der Waals surface area contributed by atoms with E-state index >= 15 is 0 Å². The summed E-state index contributed by atoms with van der Waals surface area (Å²) < 4.78 is 34.6. The van der Waals surface area contributed by atoms with Gasteiger partial charge in [0.1, 0.15) is 11.5 Å². The molecular weight excluding hydrogens is 302 g/mol. The molecule has 2 aromatic carbocycles. The highest BCUT2D eigenvalue weighted by Gasteiger charge is 2.09. The number of rotatable bonds is 4. The predicted octanol–water partition coefficient (Wildman–Crippen LogP) is 2.61. The molecule has 0 saturated carbocycles. The standard InChI is InChI=1S/C8H11NO3S.C8H10O/c1-9-13(10,11)8-5-3-7(12-2)4-6-8;1-7-3-5-8(9-2)6-4-7/h3-6,9H,1-2H3;3-6H,1-2H3. The molecule has 0 heterocycles. The third kappa shape index (κ3) is 5.38. The van der Waals surface area contributed by atoms with E-state index in [9.17, 15) is 8.42 Å². The number of methoxy groups -OCH3 is 2. The van der Waals surface area contributed by atoms with E-state index < -0.39 is 10.0 Å². The van der Waals surface area contributed by atoms with Crippen LogP contribution in [-0.2, 0) is 10.0 Å². The van der Waals surface area contributed by atoms with Crippen molar-refractivity contribution in [3.8, 4) is 11.5 Å². The van der Waals surface area contributed by atoms with Crippen LogP contribution >= 0.6 is 0 Å². The fraction of sp³-hybridized carbons (Fsp3) is 0.250. The Hall–Kier alpha value is -2.05. The Bertz CT molecular complexity index is 664. The van der Waals surface area contributed by atoms with Crippen LogP contribution in [0.3, 0.4) is 0 Å². The van der Waals surface area contributed by atoms with Crippen molar-refractivity contribution in [2.75, 3.05) is 21.3 Å². The van der Waals surface area contributed by atoms with Crippen LogP contribution in [0.25, 0.3) is 0 Å². The lowest BCUT2D eigenvalue weighted by molar-refractivity contribution is 0.414. The van der Waals surface area contributed by atoms with Crippen LogP contribution in [0.2, 0.25) is 0 Å². The average molecular weight is 323 g/mol. The molecule has 0 radical (unpaired) electrons. The molecule has 5 nitrogen and oxygen atoms in total. The Labute approximate surface area is 131 Å². The summed E-state index contributed by atoms with van der Waals surface area (Å²) in [5, 5.41) is 0. The molecule has 1 N–H and O–H groups in total. The minimum atomic E-state index is -3.33. The fourth-order valence-corrected chi connectivity index (χ4v) is 2.28. The summed E-state index contributed by atoms with van der Waals surface area (Å²) in [6.45, 7) is 2.06. The summed E-state index contributed by atoms with van der Waals surface area (Å²) in [6.07, 6.45) is 0. The summed E-state index contributed by atoms with van der Waals surface area (Å²) in [5.74, 6) is 1.55. The van der Waals surface area contributed by atoms with Gasteiger partial charge in [-0.3, -0.25) is 0 Å². The van der Waals surface area contributed by atoms with Gasteiger partial charge in [-0.05, 0) is 50.4 Å². The monoisotopic (exact) mass is 323 g/mol. The van der Waals surface area contributed by atoms with Gasteiger partial charge in [-0.2, -0.15) is 0 Å². The van der Waals surface area contributed by atoms with E-state index in [0.717, 1.165) is 5.75 Å². The molecule has 0 unspecified atom stereocenters. The zero-order valence-electron chi connectivity index (χ0n) is 13.2. The summed E-state index contributed by atoms with van der Waals surface area (Å²) in [5.41, 5.74) is 1.26. The van der Waals surface area contributed by atoms with E-state index in [1.165, 1.54) is 31.9 Å². The van der Waals surface area contributed by atoms with Crippen molar-refractivity contribution < 1.29 is 17.9 Å². The lowest BCUT2D eigenvalue weighted by atomic mass is 10.2. The lowest BCUT2D eigenvalue weighted by Crippen LogP contribution is -2.18. The van der Waals surface area contributed by atoms with Crippen molar-refractivity contribution >= 4 is 10.0 Å². The molecular formula is C16H21NO4S. The summed E-state index contributed by atoms with van der Waals surface area (Å²) in [4.78, 5) is 0.232. The second kappa shape index (κ2) is 8.41.